The van der Waals surface area contributed by atoms with Gasteiger partial charge in [0.05, 0.1) is 17.3 Å². The average Bonchev–Trinajstić information content (AvgIpc) is 3.20. The Kier molecular flexibility index (Phi) is 5.75. The number of benzene rings is 1. The van der Waals surface area contributed by atoms with Crippen molar-refractivity contribution in [1.82, 2.24) is 29.9 Å². The van der Waals surface area contributed by atoms with E-state index in [2.05, 4.69) is 32.4 Å². The van der Waals surface area contributed by atoms with Gasteiger partial charge in [-0.3, -0.25) is 4.79 Å². The van der Waals surface area contributed by atoms with Gasteiger partial charge in [-0.25, -0.2) is 4.98 Å². The van der Waals surface area contributed by atoms with Crippen LogP contribution in [0.5, 0.6) is 0 Å². The molecule has 2 heterocycles. The minimum Gasteiger partial charge on any atom is -0.395 e. The summed E-state index contributed by atoms with van der Waals surface area (Å²) in [6, 6.07) is 6.98. The smallest absolute Gasteiger partial charge is 0.253 e. The van der Waals surface area contributed by atoms with E-state index in [-0.39, 0.29) is 19.1 Å². The summed E-state index contributed by atoms with van der Waals surface area (Å²) >= 11 is 0. The highest BCUT2D eigenvalue weighted by atomic mass is 16.3. The Morgan fingerprint density at radius 3 is 2.75 bits per heavy atom. The molecule has 9 heteroatoms. The monoisotopic (exact) mass is 379 g/mol. The van der Waals surface area contributed by atoms with E-state index in [1.807, 2.05) is 13.0 Å². The van der Waals surface area contributed by atoms with Crippen LogP contribution in [-0.4, -0.2) is 61.1 Å². The molecule has 1 aromatic carbocycles. The van der Waals surface area contributed by atoms with Gasteiger partial charge in [-0.1, -0.05) is 18.7 Å². The van der Waals surface area contributed by atoms with Crippen LogP contribution in [0.25, 0.3) is 17.8 Å². The van der Waals surface area contributed by atoms with E-state index in [4.69, 9.17) is 5.11 Å². The molecule has 3 rings (SSSR count). The molecule has 9 nitrogen and oxygen atoms in total. The Labute approximate surface area is 161 Å². The Morgan fingerprint density at radius 2 is 2.11 bits per heavy atom. The van der Waals surface area contributed by atoms with Gasteiger partial charge < -0.3 is 15.3 Å². The Balaban J connectivity index is 1.95. The van der Waals surface area contributed by atoms with E-state index in [0.717, 1.165) is 11.0 Å². The second kappa shape index (κ2) is 8.40. The lowest BCUT2D eigenvalue weighted by Crippen LogP contribution is -2.35. The summed E-state index contributed by atoms with van der Waals surface area (Å²) in [6.45, 7) is 5.81. The van der Waals surface area contributed by atoms with Gasteiger partial charge in [0.25, 0.3) is 5.91 Å². The van der Waals surface area contributed by atoms with E-state index in [1.54, 1.807) is 48.0 Å². The van der Waals surface area contributed by atoms with Gasteiger partial charge in [-0.05, 0) is 47.7 Å². The van der Waals surface area contributed by atoms with Crippen molar-refractivity contribution in [2.45, 2.75) is 6.92 Å². The fourth-order valence-electron chi connectivity index (χ4n) is 2.70. The number of hydrogen-bond donors (Lipinski definition) is 2. The predicted molar refractivity (Wildman–Crippen MR) is 106 cm³/mol. The standard InChI is InChI=1S/C19H21N7O2/c1-4-6-16-15(5-2)21-17(18-22-23-24-26(16)18)20-14-9-7-13(8-10-14)19(28)25(3)11-12-27/h4-10,27H,1,11-12H2,2-3H3,(H,20,21). The first-order valence-electron chi connectivity index (χ1n) is 8.69. The predicted octanol–water partition coefficient (Wildman–Crippen LogP) is 0.0941. The van der Waals surface area contributed by atoms with Crippen LogP contribution in [0.3, 0.4) is 0 Å². The molecule has 28 heavy (non-hydrogen) atoms. The number of aliphatic hydroxyl groups is 1. The minimum atomic E-state index is -0.157. The van der Waals surface area contributed by atoms with Crippen LogP contribution in [0.15, 0.2) is 36.9 Å². The van der Waals surface area contributed by atoms with Crippen LogP contribution in [0, 0.1) is 0 Å². The van der Waals surface area contributed by atoms with Gasteiger partial charge in [0.15, 0.2) is 5.82 Å². The molecule has 144 valence electrons. The third-order valence-electron chi connectivity index (χ3n) is 4.13. The molecule has 0 bridgehead atoms. The highest BCUT2D eigenvalue weighted by Crippen LogP contribution is 2.17. The van der Waals surface area contributed by atoms with Crippen LogP contribution in [0.2, 0.25) is 0 Å². The maximum Gasteiger partial charge on any atom is 0.253 e. The molecule has 3 aromatic rings. The van der Waals surface area contributed by atoms with Crippen molar-refractivity contribution in [3.8, 4) is 0 Å². The number of rotatable bonds is 6. The van der Waals surface area contributed by atoms with Crippen molar-refractivity contribution in [2.24, 2.45) is 0 Å². The topological polar surface area (TPSA) is 109 Å². The summed E-state index contributed by atoms with van der Waals surface area (Å²) in [7, 11) is 1.65. The highest BCUT2D eigenvalue weighted by Gasteiger charge is 2.12. The van der Waals surface area contributed by atoms with Gasteiger partial charge in [-0.15, -0.1) is 5.10 Å². The lowest BCUT2D eigenvalue weighted by Gasteiger charge is -2.15. The largest absolute Gasteiger partial charge is 0.395 e. The number of tetrazole rings is 1. The molecule has 0 atom stereocenters. The third-order valence-corrected chi connectivity index (χ3v) is 4.13. The number of hydrogen-bond acceptors (Lipinski definition) is 7. The number of nitrogens with zero attached hydrogens (tertiary/aromatic N) is 6. The number of allylic oxidation sites excluding steroid dienone is 1. The Hall–Kier alpha value is -3.59. The van der Waals surface area contributed by atoms with Gasteiger partial charge in [0.2, 0.25) is 5.65 Å². The Bertz CT molecular complexity index is 1120. The normalized spacial score (nSPS) is 12.4. The van der Waals surface area contributed by atoms with Gasteiger partial charge in [-0.2, -0.15) is 4.52 Å². The summed E-state index contributed by atoms with van der Waals surface area (Å²) in [5, 5.41) is 25.4. The zero-order valence-electron chi connectivity index (χ0n) is 15.7. The zero-order valence-corrected chi connectivity index (χ0v) is 15.7. The van der Waals surface area contributed by atoms with Crippen LogP contribution >= 0.6 is 0 Å². The van der Waals surface area contributed by atoms with Crippen LogP contribution < -0.4 is 16.0 Å². The first-order chi connectivity index (χ1) is 13.6. The van der Waals surface area contributed by atoms with Crippen molar-refractivity contribution >= 4 is 35.2 Å². The van der Waals surface area contributed by atoms with Crippen molar-refractivity contribution in [1.29, 1.82) is 0 Å². The van der Waals surface area contributed by atoms with E-state index in [0.29, 0.717) is 22.4 Å². The molecule has 0 aliphatic rings. The van der Waals surface area contributed by atoms with Crippen molar-refractivity contribution in [3.63, 3.8) is 0 Å². The number of carbonyl (C=O) groups excluding carboxylic acids is 1. The van der Waals surface area contributed by atoms with Crippen LogP contribution in [-0.2, 0) is 0 Å². The molecule has 2 aromatic heterocycles. The molecule has 1 amide bonds. The number of fused-ring (bicyclic) bond motifs is 1. The van der Waals surface area contributed by atoms with Crippen LogP contribution in [0.4, 0.5) is 11.5 Å². The summed E-state index contributed by atoms with van der Waals surface area (Å²) in [5.74, 6) is 0.339. The quantitative estimate of drug-likeness (QED) is 0.625. The molecule has 0 saturated carbocycles. The van der Waals surface area contributed by atoms with Gasteiger partial charge >= 0.3 is 0 Å². The lowest BCUT2D eigenvalue weighted by atomic mass is 10.2. The molecule has 0 saturated heterocycles. The maximum absolute atomic E-state index is 12.3. The third kappa shape index (κ3) is 3.74. The van der Waals surface area contributed by atoms with E-state index in [9.17, 15) is 4.79 Å². The summed E-state index contributed by atoms with van der Waals surface area (Å²) in [5.41, 5.74) is 1.74. The number of likely N-dealkylation sites (N-methyl/N-ethyl adjacent to an activating group) is 1. The lowest BCUT2D eigenvalue weighted by molar-refractivity contribution is 0.0767. The van der Waals surface area contributed by atoms with Gasteiger partial charge in [0, 0.05) is 24.8 Å². The fourth-order valence-corrected chi connectivity index (χ4v) is 2.70. The fraction of sp³-hybridized carbons (Fsp3) is 0.211. The molecule has 0 radical (unpaired) electrons. The number of carbonyl (C=O) groups is 1. The maximum atomic E-state index is 12.3. The minimum absolute atomic E-state index is 0.0774. The second-order valence-corrected chi connectivity index (χ2v) is 5.99. The van der Waals surface area contributed by atoms with Crippen LogP contribution in [0.1, 0.15) is 17.3 Å². The number of anilines is 2. The SMILES string of the molecule is C=CC=c1c(=CC)nc(Nc2ccc(C(=O)N(C)CCO)cc2)c2nnnn12. The van der Waals surface area contributed by atoms with Crippen molar-refractivity contribution in [2.75, 3.05) is 25.5 Å². The van der Waals surface area contributed by atoms with Crippen molar-refractivity contribution < 1.29 is 9.90 Å². The molecular formula is C19H21N7O2. The number of aromatic nitrogens is 5. The number of amides is 1. The molecule has 2 N–H and O–H groups in total. The number of nitrogens with one attached hydrogen (secondary N) is 1. The summed E-state index contributed by atoms with van der Waals surface area (Å²) in [4.78, 5) is 18.3. The molecule has 0 aliphatic heterocycles. The zero-order chi connectivity index (χ0) is 20.1. The Morgan fingerprint density at radius 1 is 1.36 bits per heavy atom. The first-order valence-corrected chi connectivity index (χ1v) is 8.69. The molecule has 0 spiro atoms. The van der Waals surface area contributed by atoms with Gasteiger partial charge in [0.1, 0.15) is 0 Å². The molecule has 0 aliphatic carbocycles. The summed E-state index contributed by atoms with van der Waals surface area (Å²) in [6.07, 6.45) is 5.31. The molecular weight excluding hydrogens is 358 g/mol. The van der Waals surface area contributed by atoms with Crippen molar-refractivity contribution in [3.05, 3.63) is 53.2 Å². The second-order valence-electron chi connectivity index (χ2n) is 5.99. The van der Waals surface area contributed by atoms with E-state index < -0.39 is 0 Å². The van der Waals surface area contributed by atoms with E-state index >= 15 is 0 Å². The number of aliphatic hydroxyl groups excluding tert-OH is 1. The molecule has 0 unspecified atom stereocenters. The van der Waals surface area contributed by atoms with E-state index in [1.165, 1.54) is 4.90 Å². The molecule has 0 fully saturated rings. The average molecular weight is 379 g/mol. The summed E-state index contributed by atoms with van der Waals surface area (Å²) < 4.78 is 1.59. The first kappa shape index (κ1) is 19.2. The highest BCUT2D eigenvalue weighted by molar-refractivity contribution is 5.94.